The van der Waals surface area contributed by atoms with Crippen molar-refractivity contribution in [2.45, 2.75) is 78.1 Å². The molecule has 0 saturated carbocycles. The summed E-state index contributed by atoms with van der Waals surface area (Å²) in [6, 6.07) is 0. The topological polar surface area (TPSA) is 115 Å². The monoisotopic (exact) mass is 334 g/mol. The predicted octanol–water partition coefficient (Wildman–Crippen LogP) is 3.65. The average molecular weight is 334 g/mol. The van der Waals surface area contributed by atoms with Crippen LogP contribution in [0.3, 0.4) is 0 Å². The zero-order chi connectivity index (χ0) is 16.2. The number of unbranched alkanes of at least 4 members (excludes halogenated alkanes) is 9. The molecule has 0 spiro atoms. The van der Waals surface area contributed by atoms with Gasteiger partial charge < -0.3 is 19.6 Å². The molecule has 8 heteroatoms. The summed E-state index contributed by atoms with van der Waals surface area (Å²) in [5.41, 5.74) is 0. The Morgan fingerprint density at radius 3 is 0.850 bits per heavy atom. The van der Waals surface area contributed by atoms with Crippen molar-refractivity contribution in [2.24, 2.45) is 0 Å². The maximum atomic E-state index is 8.74. The molecule has 0 fully saturated rings. The highest BCUT2D eigenvalue weighted by Gasteiger charge is 1.90. The average Bonchev–Trinajstić information content (AvgIpc) is 2.31. The number of rotatable bonds is 9. The van der Waals surface area contributed by atoms with Crippen molar-refractivity contribution in [2.75, 3.05) is 0 Å². The third-order valence-electron chi connectivity index (χ3n) is 2.46. The highest BCUT2D eigenvalue weighted by atomic mass is 31.1. The van der Waals surface area contributed by atoms with Gasteiger partial charge in [-0.25, -0.2) is 0 Å². The van der Waals surface area contributed by atoms with Crippen molar-refractivity contribution in [3.8, 4) is 0 Å². The van der Waals surface area contributed by atoms with Crippen LogP contribution in [-0.2, 0) is 9.13 Å². The minimum absolute atomic E-state index is 1.37. The third-order valence-corrected chi connectivity index (χ3v) is 2.46. The van der Waals surface area contributed by atoms with Crippen LogP contribution in [0.2, 0.25) is 0 Å². The van der Waals surface area contributed by atoms with Crippen LogP contribution >= 0.6 is 16.5 Å². The Labute approximate surface area is 124 Å². The maximum Gasteiger partial charge on any atom is 0.314 e. The molecule has 0 saturated heterocycles. The Morgan fingerprint density at radius 1 is 0.550 bits per heavy atom. The largest absolute Gasteiger partial charge is 0.326 e. The van der Waals surface area contributed by atoms with E-state index in [0.29, 0.717) is 0 Å². The first-order valence-corrected chi connectivity index (χ1v) is 9.82. The lowest BCUT2D eigenvalue weighted by Gasteiger charge is -1.99. The van der Waals surface area contributed by atoms with E-state index in [4.69, 9.17) is 28.7 Å². The Kier molecular flexibility index (Phi) is 30.7. The van der Waals surface area contributed by atoms with Gasteiger partial charge >= 0.3 is 16.5 Å². The summed E-state index contributed by atoms with van der Waals surface area (Å²) in [6.45, 7) is 4.56. The molecule has 0 unspecified atom stereocenters. The molecule has 0 rings (SSSR count). The van der Waals surface area contributed by atoms with Crippen LogP contribution in [0.15, 0.2) is 0 Å². The van der Waals surface area contributed by atoms with Gasteiger partial charge in [0.1, 0.15) is 0 Å². The van der Waals surface area contributed by atoms with Crippen LogP contribution in [0.1, 0.15) is 78.1 Å². The fourth-order valence-electron chi connectivity index (χ4n) is 1.56. The smallest absolute Gasteiger partial charge is 0.314 e. The first-order valence-electron chi connectivity index (χ1n) is 7.22. The van der Waals surface area contributed by atoms with Gasteiger partial charge in [0.15, 0.2) is 0 Å². The minimum atomic E-state index is -3.13. The van der Waals surface area contributed by atoms with E-state index in [1.165, 1.54) is 64.2 Å². The molecule has 4 N–H and O–H groups in total. The van der Waals surface area contributed by atoms with Gasteiger partial charge in [0.05, 0.1) is 0 Å². The van der Waals surface area contributed by atoms with E-state index in [1.807, 2.05) is 0 Å². The Bertz CT molecular complexity index is 184. The van der Waals surface area contributed by atoms with Crippen LogP contribution in [0.5, 0.6) is 0 Å². The molecule has 0 heterocycles. The van der Waals surface area contributed by atoms with Crippen LogP contribution < -0.4 is 0 Å². The van der Waals surface area contributed by atoms with Crippen LogP contribution in [0, 0.1) is 0 Å². The summed E-state index contributed by atoms with van der Waals surface area (Å²) in [4.78, 5) is 28.6. The van der Waals surface area contributed by atoms with E-state index in [-0.39, 0.29) is 0 Å². The molecule has 0 amide bonds. The van der Waals surface area contributed by atoms with E-state index in [2.05, 4.69) is 13.8 Å². The zero-order valence-corrected chi connectivity index (χ0v) is 14.7. The second-order valence-corrected chi connectivity index (χ2v) is 5.52. The third kappa shape index (κ3) is 63.3. The van der Waals surface area contributed by atoms with Gasteiger partial charge in [0, 0.05) is 0 Å². The van der Waals surface area contributed by atoms with Gasteiger partial charge in [0.25, 0.3) is 0 Å². The maximum absolute atomic E-state index is 8.74. The Balaban J connectivity index is -0.000000297. The lowest BCUT2D eigenvalue weighted by molar-refractivity contribution is 0.403. The predicted molar refractivity (Wildman–Crippen MR) is 84.4 cm³/mol. The second kappa shape index (κ2) is 24.3. The molecule has 0 aromatic carbocycles. The molecule has 0 aromatic rings. The standard InChI is InChI=1S/C12H26.2H3O3P/c1-3-5-7-9-11-12-10-8-6-4-2;2*1-4(2)3/h3-12H2,1-2H3;2*4H,(H2,1,2,3). The molecule has 0 bridgehead atoms. The van der Waals surface area contributed by atoms with Crippen molar-refractivity contribution >= 4 is 16.5 Å². The molecule has 20 heavy (non-hydrogen) atoms. The molecule has 126 valence electrons. The molecular weight excluding hydrogens is 302 g/mol. The highest BCUT2D eigenvalue weighted by Crippen LogP contribution is 2.09. The van der Waals surface area contributed by atoms with E-state index < -0.39 is 16.5 Å². The highest BCUT2D eigenvalue weighted by molar-refractivity contribution is 7.31. The first kappa shape index (κ1) is 25.3. The van der Waals surface area contributed by atoms with Crippen LogP contribution in [0.25, 0.3) is 0 Å². The summed E-state index contributed by atoms with van der Waals surface area (Å²) in [6.07, 6.45) is 14.4. The van der Waals surface area contributed by atoms with Gasteiger partial charge in [0.2, 0.25) is 0 Å². The fraction of sp³-hybridized carbons (Fsp3) is 1.00. The SMILES string of the molecule is CCCCCCCCCCCC.O=[PH](O)O.O=[PH](O)O. The first-order chi connectivity index (χ1) is 9.38. The van der Waals surface area contributed by atoms with E-state index in [9.17, 15) is 0 Å². The minimum Gasteiger partial charge on any atom is -0.326 e. The van der Waals surface area contributed by atoms with Crippen LogP contribution in [-0.4, -0.2) is 19.6 Å². The molecule has 6 nitrogen and oxygen atoms in total. The quantitative estimate of drug-likeness (QED) is 0.378. The number of hydrogen-bond acceptors (Lipinski definition) is 2. The van der Waals surface area contributed by atoms with Gasteiger partial charge in [-0.15, -0.1) is 0 Å². The molecular formula is C12H32O6P2. The van der Waals surface area contributed by atoms with E-state index in [0.717, 1.165) is 0 Å². The number of hydrogen-bond donors (Lipinski definition) is 4. The second-order valence-electron chi connectivity index (χ2n) is 4.39. The summed E-state index contributed by atoms with van der Waals surface area (Å²) in [5.74, 6) is 0. The molecule has 0 aliphatic carbocycles. The van der Waals surface area contributed by atoms with Gasteiger partial charge in [-0.2, -0.15) is 0 Å². The molecule has 0 aromatic heterocycles. The van der Waals surface area contributed by atoms with Crippen molar-refractivity contribution in [3.63, 3.8) is 0 Å². The summed E-state index contributed by atoms with van der Waals surface area (Å²) >= 11 is 0. The van der Waals surface area contributed by atoms with Crippen molar-refractivity contribution in [1.29, 1.82) is 0 Å². The molecule has 0 radical (unpaired) electrons. The van der Waals surface area contributed by atoms with Crippen molar-refractivity contribution in [1.82, 2.24) is 0 Å². The van der Waals surface area contributed by atoms with Gasteiger partial charge in [-0.05, 0) is 0 Å². The fourth-order valence-corrected chi connectivity index (χ4v) is 1.56. The normalized spacial score (nSPS) is 9.80. The van der Waals surface area contributed by atoms with Crippen LogP contribution in [0.4, 0.5) is 0 Å². The van der Waals surface area contributed by atoms with Crippen molar-refractivity contribution < 1.29 is 28.7 Å². The van der Waals surface area contributed by atoms with Crippen molar-refractivity contribution in [3.05, 3.63) is 0 Å². The summed E-state index contributed by atoms with van der Waals surface area (Å²) in [5, 5.41) is 0. The molecule has 0 atom stereocenters. The Hall–Kier alpha value is 0.300. The zero-order valence-electron chi connectivity index (χ0n) is 12.7. The summed E-state index contributed by atoms with van der Waals surface area (Å²) in [7, 11) is -6.26. The van der Waals surface area contributed by atoms with Gasteiger partial charge in [-0.3, -0.25) is 9.13 Å². The molecule has 0 aliphatic rings. The Morgan fingerprint density at radius 2 is 0.700 bits per heavy atom. The molecule has 0 aliphatic heterocycles. The lowest BCUT2D eigenvalue weighted by atomic mass is 10.1. The van der Waals surface area contributed by atoms with E-state index in [1.54, 1.807) is 0 Å². The lowest BCUT2D eigenvalue weighted by Crippen LogP contribution is -1.80. The van der Waals surface area contributed by atoms with Gasteiger partial charge in [-0.1, -0.05) is 78.1 Å². The summed E-state index contributed by atoms with van der Waals surface area (Å²) < 4.78 is 17.5. The van der Waals surface area contributed by atoms with E-state index >= 15 is 0 Å².